The van der Waals surface area contributed by atoms with Crippen LogP contribution in [0.1, 0.15) is 35.2 Å². The molecule has 1 amide bonds. The Kier molecular flexibility index (Phi) is 5.54. The van der Waals surface area contributed by atoms with Crippen molar-refractivity contribution >= 4 is 17.3 Å². The number of aryl methyl sites for hydroxylation is 1. The van der Waals surface area contributed by atoms with Gasteiger partial charge in [0.05, 0.1) is 10.5 Å². The number of rotatable bonds is 5. The van der Waals surface area contributed by atoms with Crippen LogP contribution in [0.5, 0.6) is 0 Å². The molecule has 1 aliphatic heterocycles. The van der Waals surface area contributed by atoms with E-state index in [1.807, 2.05) is 7.05 Å². The molecule has 0 spiro atoms. The fraction of sp³-hybridized carbons (Fsp3) is 0.562. The minimum atomic E-state index is -0.539. The number of hydrogen-bond acceptors (Lipinski definition) is 5. The molecule has 7 heteroatoms. The number of carbonyl (C=O) groups excluding carboxylic acids is 1. The highest BCUT2D eigenvalue weighted by atomic mass is 16.6. The molecule has 1 aromatic carbocycles. The maximum Gasteiger partial charge on any atom is 0.293 e. The highest BCUT2D eigenvalue weighted by Crippen LogP contribution is 2.29. The third-order valence-corrected chi connectivity index (χ3v) is 4.43. The predicted octanol–water partition coefficient (Wildman–Crippen LogP) is 1.95. The van der Waals surface area contributed by atoms with Crippen LogP contribution in [0.2, 0.25) is 0 Å². The zero-order chi connectivity index (χ0) is 17.0. The molecular weight excluding hydrogens is 296 g/mol. The summed E-state index contributed by atoms with van der Waals surface area (Å²) in [6.07, 6.45) is 3.03. The molecular formula is C16H24N4O3. The number of benzene rings is 1. The summed E-state index contributed by atoms with van der Waals surface area (Å²) in [5, 5.41) is 14.2. The van der Waals surface area contributed by atoms with Crippen LogP contribution in [0.25, 0.3) is 0 Å². The van der Waals surface area contributed by atoms with Gasteiger partial charge in [0.1, 0.15) is 5.69 Å². The van der Waals surface area contributed by atoms with Gasteiger partial charge < -0.3 is 16.0 Å². The largest absolute Gasteiger partial charge is 0.393 e. The van der Waals surface area contributed by atoms with Crippen molar-refractivity contribution in [3.05, 3.63) is 33.4 Å². The van der Waals surface area contributed by atoms with Crippen LogP contribution in [0.3, 0.4) is 0 Å². The van der Waals surface area contributed by atoms with Crippen molar-refractivity contribution in [2.24, 2.45) is 5.92 Å². The van der Waals surface area contributed by atoms with Crippen molar-refractivity contribution < 1.29 is 9.72 Å². The topological polar surface area (TPSA) is 102 Å². The van der Waals surface area contributed by atoms with Crippen molar-refractivity contribution in [1.29, 1.82) is 0 Å². The summed E-state index contributed by atoms with van der Waals surface area (Å²) >= 11 is 0. The summed E-state index contributed by atoms with van der Waals surface area (Å²) in [5.74, 6) is 0.414. The number of nitro groups is 1. The second-order valence-corrected chi connectivity index (χ2v) is 6.13. The van der Waals surface area contributed by atoms with E-state index >= 15 is 0 Å². The fourth-order valence-corrected chi connectivity index (χ4v) is 3.05. The molecule has 126 valence electrons. The lowest BCUT2D eigenvalue weighted by Crippen LogP contribution is -2.39. The fourth-order valence-electron chi connectivity index (χ4n) is 3.05. The Labute approximate surface area is 136 Å². The van der Waals surface area contributed by atoms with Gasteiger partial charge in [-0.3, -0.25) is 14.9 Å². The first-order chi connectivity index (χ1) is 10.9. The Hall–Kier alpha value is -2.15. The molecule has 1 aromatic rings. The molecule has 0 aliphatic carbocycles. The number of nitrogens with two attached hydrogens (primary N) is 1. The molecule has 1 saturated heterocycles. The molecule has 2 rings (SSSR count). The average molecular weight is 320 g/mol. The van der Waals surface area contributed by atoms with Crippen LogP contribution < -0.4 is 11.1 Å². The van der Waals surface area contributed by atoms with Gasteiger partial charge in [-0.2, -0.15) is 0 Å². The number of carbonyl (C=O) groups is 1. The minimum Gasteiger partial charge on any atom is -0.393 e. The molecule has 0 bridgehead atoms. The Morgan fingerprint density at radius 2 is 2.09 bits per heavy atom. The summed E-state index contributed by atoms with van der Waals surface area (Å²) < 4.78 is 0. The second-order valence-electron chi connectivity index (χ2n) is 6.13. The molecule has 1 fully saturated rings. The lowest BCUT2D eigenvalue weighted by atomic mass is 9.93. The van der Waals surface area contributed by atoms with E-state index in [1.165, 1.54) is 6.07 Å². The van der Waals surface area contributed by atoms with Crippen molar-refractivity contribution in [1.82, 2.24) is 10.2 Å². The molecule has 0 unspecified atom stereocenters. The van der Waals surface area contributed by atoms with Crippen molar-refractivity contribution in [2.45, 2.75) is 26.2 Å². The standard InChI is InChI=1S/C16H24N4O3/c1-11-9-13(15(17)14(10-11)20(22)23)16(21)19-7-4-12(5-8-19)3-6-18-2/h9-10,12,18H,3-8,17H2,1-2H3. The van der Waals surface area contributed by atoms with Crippen molar-refractivity contribution in [3.8, 4) is 0 Å². The Morgan fingerprint density at radius 3 is 2.65 bits per heavy atom. The van der Waals surface area contributed by atoms with E-state index in [9.17, 15) is 14.9 Å². The first kappa shape index (κ1) is 17.2. The summed E-state index contributed by atoms with van der Waals surface area (Å²) in [6, 6.07) is 3.04. The van der Waals surface area contributed by atoms with Gasteiger partial charge in [-0.1, -0.05) is 0 Å². The number of anilines is 1. The molecule has 0 atom stereocenters. The van der Waals surface area contributed by atoms with E-state index < -0.39 is 4.92 Å². The number of hydrogen-bond donors (Lipinski definition) is 2. The van der Waals surface area contributed by atoms with Crippen LogP contribution in [-0.4, -0.2) is 42.4 Å². The summed E-state index contributed by atoms with van der Waals surface area (Å²) in [4.78, 5) is 25.0. The second kappa shape index (κ2) is 7.41. The van der Waals surface area contributed by atoms with Crippen LogP contribution in [0, 0.1) is 23.0 Å². The van der Waals surface area contributed by atoms with Crippen LogP contribution in [-0.2, 0) is 0 Å². The van der Waals surface area contributed by atoms with Gasteiger partial charge >= 0.3 is 0 Å². The molecule has 23 heavy (non-hydrogen) atoms. The van der Waals surface area contributed by atoms with Crippen molar-refractivity contribution in [3.63, 3.8) is 0 Å². The van der Waals surface area contributed by atoms with Gasteiger partial charge in [0.2, 0.25) is 0 Å². The predicted molar refractivity (Wildman–Crippen MR) is 89.4 cm³/mol. The number of nitrogens with one attached hydrogen (secondary N) is 1. The Bertz CT molecular complexity index is 595. The van der Waals surface area contributed by atoms with E-state index in [1.54, 1.807) is 17.9 Å². The SMILES string of the molecule is CNCCC1CCN(C(=O)c2cc(C)cc([N+](=O)[O-])c2N)CC1. The van der Waals surface area contributed by atoms with E-state index in [0.29, 0.717) is 24.6 Å². The number of nitrogen functional groups attached to an aromatic ring is 1. The van der Waals surface area contributed by atoms with Gasteiger partial charge in [-0.15, -0.1) is 0 Å². The quantitative estimate of drug-likeness (QED) is 0.490. The van der Waals surface area contributed by atoms with Gasteiger partial charge in [0.25, 0.3) is 11.6 Å². The monoisotopic (exact) mass is 320 g/mol. The number of amides is 1. The average Bonchev–Trinajstić information content (AvgIpc) is 2.54. The highest BCUT2D eigenvalue weighted by Gasteiger charge is 2.27. The van der Waals surface area contributed by atoms with E-state index in [2.05, 4.69) is 5.32 Å². The smallest absolute Gasteiger partial charge is 0.293 e. The van der Waals surface area contributed by atoms with Crippen LogP contribution in [0.4, 0.5) is 11.4 Å². The van der Waals surface area contributed by atoms with Gasteiger partial charge in [-0.05, 0) is 57.3 Å². The third kappa shape index (κ3) is 3.98. The lowest BCUT2D eigenvalue weighted by Gasteiger charge is -2.32. The third-order valence-electron chi connectivity index (χ3n) is 4.43. The molecule has 0 aromatic heterocycles. The summed E-state index contributed by atoms with van der Waals surface area (Å²) in [7, 11) is 1.94. The maximum atomic E-state index is 12.7. The first-order valence-corrected chi connectivity index (χ1v) is 7.92. The van der Waals surface area contributed by atoms with Crippen LogP contribution in [0.15, 0.2) is 12.1 Å². The molecule has 0 saturated carbocycles. The van der Waals surface area contributed by atoms with Crippen LogP contribution >= 0.6 is 0 Å². The summed E-state index contributed by atoms with van der Waals surface area (Å²) in [6.45, 7) is 4.06. The highest BCUT2D eigenvalue weighted by molar-refractivity contribution is 6.01. The maximum absolute atomic E-state index is 12.7. The number of likely N-dealkylation sites (tertiary alicyclic amines) is 1. The number of nitro benzene ring substituents is 1. The van der Waals surface area contributed by atoms with E-state index in [4.69, 9.17) is 5.73 Å². The minimum absolute atomic E-state index is 0.0390. The zero-order valence-corrected chi connectivity index (χ0v) is 13.7. The summed E-state index contributed by atoms with van der Waals surface area (Å²) in [5.41, 5.74) is 6.53. The van der Waals surface area contributed by atoms with Crippen molar-refractivity contribution in [2.75, 3.05) is 32.4 Å². The van der Waals surface area contributed by atoms with Gasteiger partial charge in [0.15, 0.2) is 0 Å². The molecule has 1 aliphatic rings. The Morgan fingerprint density at radius 1 is 1.43 bits per heavy atom. The van der Waals surface area contributed by atoms with Gasteiger partial charge in [-0.25, -0.2) is 0 Å². The van der Waals surface area contributed by atoms with E-state index in [-0.39, 0.29) is 22.8 Å². The number of piperidine rings is 1. The molecule has 0 radical (unpaired) electrons. The molecule has 7 nitrogen and oxygen atoms in total. The van der Waals surface area contributed by atoms with E-state index in [0.717, 1.165) is 25.8 Å². The molecule has 3 N–H and O–H groups in total. The molecule has 1 heterocycles. The lowest BCUT2D eigenvalue weighted by molar-refractivity contribution is -0.384. The van der Waals surface area contributed by atoms with Gasteiger partial charge in [0, 0.05) is 19.2 Å². The number of nitrogens with zero attached hydrogens (tertiary/aromatic N) is 2. The zero-order valence-electron chi connectivity index (χ0n) is 13.7. The Balaban J connectivity index is 2.11. The first-order valence-electron chi connectivity index (χ1n) is 7.92. The normalized spacial score (nSPS) is 15.7.